The van der Waals surface area contributed by atoms with Crippen molar-refractivity contribution >= 4 is 0 Å². The van der Waals surface area contributed by atoms with Crippen molar-refractivity contribution in [3.05, 3.63) is 0 Å². The summed E-state index contributed by atoms with van der Waals surface area (Å²) >= 11 is 0. The molecule has 0 aromatic heterocycles. The third-order valence-corrected chi connectivity index (χ3v) is 19.0. The summed E-state index contributed by atoms with van der Waals surface area (Å²) in [6, 6.07) is 0. The molecule has 25 heterocycles. The average molecular weight is 1460 g/mol. The number of rotatable bonds is 15. The Labute approximate surface area is 558 Å². The molecule has 45 nitrogen and oxygen atoms in total. The predicted molar refractivity (Wildman–Crippen MR) is 294 cm³/mol. The van der Waals surface area contributed by atoms with E-state index in [4.69, 9.17) is 85.3 Å². The minimum atomic E-state index is -2.41. The molecule has 0 aliphatic carbocycles. The van der Waals surface area contributed by atoms with Gasteiger partial charge in [-0.15, -0.1) is 0 Å². The smallest absolute Gasteiger partial charge is 0.187 e. The minimum Gasteiger partial charge on any atom is -0.394 e. The third-order valence-electron chi connectivity index (χ3n) is 19.0. The van der Waals surface area contributed by atoms with E-state index in [2.05, 4.69) is 0 Å². The lowest BCUT2D eigenvalue weighted by molar-refractivity contribution is -0.406. The van der Waals surface area contributed by atoms with Crippen LogP contribution in [-0.4, -0.2) is 474 Å². The molecule has 12 bridgehead atoms. The van der Waals surface area contributed by atoms with Crippen LogP contribution in [0.4, 0.5) is 0 Å². The van der Waals surface area contributed by atoms with Crippen LogP contribution in [0.2, 0.25) is 0 Å². The van der Waals surface area contributed by atoms with Crippen LogP contribution in [-0.2, 0) is 85.3 Å². The first-order chi connectivity index (χ1) is 47.1. The molecule has 0 saturated carbocycles. The van der Waals surface area contributed by atoms with Crippen molar-refractivity contribution in [3.8, 4) is 0 Å². The highest BCUT2D eigenvalue weighted by Crippen LogP contribution is 2.40. The summed E-state index contributed by atoms with van der Waals surface area (Å²) in [5.74, 6) is 0. The molecule has 45 atom stereocenters. The Bertz CT molecular complexity index is 2460. The molecular formula is C54H90O45. The number of ether oxygens (including phenoxy) is 18. The third kappa shape index (κ3) is 16.0. The molecule has 99 heavy (non-hydrogen) atoms. The Hall–Kier alpha value is -1.80. The first-order valence-electron chi connectivity index (χ1n) is 31.6. The van der Waals surface area contributed by atoms with Crippen molar-refractivity contribution < 1.29 is 223 Å². The quantitative estimate of drug-likeness (QED) is 0.0724. The number of aliphatic hydroxyl groups excluding tert-OH is 27. The maximum Gasteiger partial charge on any atom is 0.187 e. The summed E-state index contributed by atoms with van der Waals surface area (Å²) in [6.45, 7) is -9.72. The lowest BCUT2D eigenvalue weighted by Crippen LogP contribution is -2.69. The van der Waals surface area contributed by atoms with Gasteiger partial charge in [0.05, 0.1) is 59.5 Å². The Kier molecular flexibility index (Phi) is 27.4. The van der Waals surface area contributed by atoms with E-state index in [0.29, 0.717) is 0 Å². The molecule has 25 fully saturated rings. The van der Waals surface area contributed by atoms with Gasteiger partial charge >= 0.3 is 0 Å². The zero-order valence-electron chi connectivity index (χ0n) is 51.8. The van der Waals surface area contributed by atoms with Crippen LogP contribution >= 0.6 is 0 Å². The fourth-order valence-electron chi connectivity index (χ4n) is 13.3. The van der Waals surface area contributed by atoms with Gasteiger partial charge in [0, 0.05) is 0 Å². The topological polar surface area (TPSA) is 712 Å². The van der Waals surface area contributed by atoms with Crippen molar-refractivity contribution in [3.63, 3.8) is 0 Å². The van der Waals surface area contributed by atoms with E-state index < -0.39 is 336 Å². The van der Waals surface area contributed by atoms with Gasteiger partial charge in [0.15, 0.2) is 56.6 Å². The highest BCUT2D eigenvalue weighted by Gasteiger charge is 2.61. The molecule has 0 spiro atoms. The standard InChI is InChI=1S/C54H90O45/c55-1-10-19(63)20(64)29(73)47(83-10)92-39-12(3-57)85-48(31(75)22(39)66)93-38-11(2-56)84-46(30(74)21(38)65)82-9-18-45-28(72)37(81)54(91-18)98-44-17(8-62)89-52(35(79)26(44)70)96-42-15(6-60)87-50(33(77)24(42)68)94-40-13(4-58)86-49(32(76)23(40)67)95-41-14(5-59)88-51(34(78)25(41)69)97-43-16(7-61)90-53(99-45)36(80)27(43)71/h10-81H,1-9H2/t10-,11-,12-,13-,14-,15-,16-,17-,18-,19-,20+,21-,22-,23-,24-,25-,26-,27-,28-,29-,30-,31-,32-,33-,34-,35-,36-,37-,38-,39-,40-,41-,42-,43-,44-,45-,46+,47-,48-,49-,50-,51-,52-,53-,54-/m1/s1. The van der Waals surface area contributed by atoms with E-state index in [9.17, 15) is 138 Å². The molecule has 27 N–H and O–H groups in total. The Morgan fingerprint density at radius 2 is 0.404 bits per heavy atom. The zero-order chi connectivity index (χ0) is 72.1. The molecule has 25 rings (SSSR count). The Morgan fingerprint density at radius 1 is 0.182 bits per heavy atom. The molecule has 0 aromatic rings. The van der Waals surface area contributed by atoms with Crippen molar-refractivity contribution in [1.82, 2.24) is 0 Å². The van der Waals surface area contributed by atoms with E-state index in [-0.39, 0.29) is 0 Å². The normalized spacial score (nSPS) is 55.0. The molecule has 0 aromatic carbocycles. The highest BCUT2D eigenvalue weighted by atomic mass is 16.8. The Morgan fingerprint density at radius 3 is 0.677 bits per heavy atom. The van der Waals surface area contributed by atoms with Gasteiger partial charge in [-0.25, -0.2) is 0 Å². The van der Waals surface area contributed by atoms with Gasteiger partial charge < -0.3 is 223 Å². The zero-order valence-corrected chi connectivity index (χ0v) is 51.8. The van der Waals surface area contributed by atoms with Crippen molar-refractivity contribution in [2.75, 3.05) is 59.5 Å². The maximum atomic E-state index is 12.0. The summed E-state index contributed by atoms with van der Waals surface area (Å²) in [4.78, 5) is 0. The van der Waals surface area contributed by atoms with E-state index in [1.165, 1.54) is 0 Å². The number of aliphatic hydroxyl groups is 27. The lowest BCUT2D eigenvalue weighted by Gasteiger charge is -2.51. The monoisotopic (exact) mass is 1460 g/mol. The van der Waals surface area contributed by atoms with Crippen LogP contribution in [0.3, 0.4) is 0 Å². The molecule has 25 saturated heterocycles. The van der Waals surface area contributed by atoms with Crippen LogP contribution in [0.25, 0.3) is 0 Å². The van der Waals surface area contributed by atoms with Gasteiger partial charge in [0.25, 0.3) is 0 Å². The van der Waals surface area contributed by atoms with E-state index >= 15 is 0 Å². The number of hydrogen-bond donors (Lipinski definition) is 27. The molecule has 0 amide bonds. The maximum absolute atomic E-state index is 12.0. The SMILES string of the molecule is OC[C@H]1O[C@H](O[C@H]2[C@H](O)[C@@H](O)[C@@H](O[C@H]3[C@H](O)[C@@H](O)[C@@H](OC[C@H]4O[C@@H]5O[C@H]6[C@H](O)[C@@H](O)[C@@H](O[C@H]7[C@H](O)[C@@H](O)[C@@H](O[C@H]8[C@H](O)[C@@H](O)[C@@H](O[C@H]9[C@H](O)[C@@H](O)[C@@H](O[C@H]%10[C@H](O)[C@@H](O)[C@@H](O[C@H]4[C@H](O)[C@H]5O)O[C@@H]%10CO)O[C@@H]9CO)O[C@@H]8CO)O[C@@H]7CO)O[C@@H]6CO)O[C@@H]3CO)O[C@@H]2CO)[C@H](O)[C@@H](O)[C@@H]1O. The van der Waals surface area contributed by atoms with E-state index in [0.717, 1.165) is 0 Å². The second kappa shape index (κ2) is 34.0. The summed E-state index contributed by atoms with van der Waals surface area (Å²) in [5.41, 5.74) is 0. The fraction of sp³-hybridized carbons (Fsp3) is 1.00. The fourth-order valence-corrected chi connectivity index (χ4v) is 13.3. The van der Waals surface area contributed by atoms with Gasteiger partial charge in [-0.1, -0.05) is 0 Å². The van der Waals surface area contributed by atoms with Crippen LogP contribution in [0.5, 0.6) is 0 Å². The minimum absolute atomic E-state index is 0.882. The van der Waals surface area contributed by atoms with Crippen molar-refractivity contribution in [2.24, 2.45) is 0 Å². The van der Waals surface area contributed by atoms with E-state index in [1.807, 2.05) is 0 Å². The molecule has 45 heteroatoms. The molecule has 0 radical (unpaired) electrons. The second-order valence-electron chi connectivity index (χ2n) is 25.3. The van der Waals surface area contributed by atoms with Gasteiger partial charge in [-0.3, -0.25) is 0 Å². The predicted octanol–water partition coefficient (Wildman–Crippen LogP) is -19.6. The summed E-state index contributed by atoms with van der Waals surface area (Å²) in [7, 11) is 0. The van der Waals surface area contributed by atoms with Crippen LogP contribution < -0.4 is 0 Å². The molecular weight excluding hydrogens is 1370 g/mol. The molecule has 0 unspecified atom stereocenters. The van der Waals surface area contributed by atoms with Gasteiger partial charge in [-0.05, 0) is 0 Å². The first kappa shape index (κ1) is 79.8. The summed E-state index contributed by atoms with van der Waals surface area (Å²) in [6.07, 6.45) is -93.4. The average Bonchev–Trinajstić information content (AvgIpc) is 0.789. The van der Waals surface area contributed by atoms with Gasteiger partial charge in [-0.2, -0.15) is 0 Å². The first-order valence-corrected chi connectivity index (χ1v) is 31.6. The van der Waals surface area contributed by atoms with Gasteiger partial charge in [0.1, 0.15) is 220 Å². The van der Waals surface area contributed by atoms with Crippen molar-refractivity contribution in [1.29, 1.82) is 0 Å². The lowest BCUT2D eigenvalue weighted by atomic mass is 9.94. The summed E-state index contributed by atoms with van der Waals surface area (Å²) < 4.78 is 103. The van der Waals surface area contributed by atoms with Gasteiger partial charge in [0.2, 0.25) is 0 Å². The van der Waals surface area contributed by atoms with Crippen LogP contribution in [0.15, 0.2) is 0 Å². The van der Waals surface area contributed by atoms with Crippen LogP contribution in [0.1, 0.15) is 0 Å². The molecule has 25 aliphatic rings. The second-order valence-corrected chi connectivity index (χ2v) is 25.3. The number of hydrogen-bond acceptors (Lipinski definition) is 45. The largest absolute Gasteiger partial charge is 0.394 e. The van der Waals surface area contributed by atoms with E-state index in [1.54, 1.807) is 0 Å². The highest BCUT2D eigenvalue weighted by molar-refractivity contribution is 5.03. The molecule has 25 aliphatic heterocycles. The Balaban J connectivity index is 0.900. The molecule has 576 valence electrons. The summed E-state index contributed by atoms with van der Waals surface area (Å²) in [5, 5.41) is 298. The van der Waals surface area contributed by atoms with Crippen LogP contribution in [0, 0.1) is 0 Å². The van der Waals surface area contributed by atoms with Crippen molar-refractivity contribution in [2.45, 2.75) is 276 Å².